The van der Waals surface area contributed by atoms with Crippen LogP contribution in [0.1, 0.15) is 60.3 Å². The molecule has 2 aromatic heterocycles. The number of halogens is 5. The zero-order valence-electron chi connectivity index (χ0n) is 20.6. The number of aliphatic hydroxyl groups excluding tert-OH is 2. The zero-order valence-corrected chi connectivity index (χ0v) is 21.5. The molecule has 0 saturated heterocycles. The van der Waals surface area contributed by atoms with E-state index < -0.39 is 75.9 Å². The Hall–Kier alpha value is -2.65. The van der Waals surface area contributed by atoms with Crippen molar-refractivity contribution in [2.45, 2.75) is 68.3 Å². The number of alkyl halides is 5. The molecule has 0 bridgehead atoms. The van der Waals surface area contributed by atoms with E-state index in [2.05, 4.69) is 19.8 Å². The fourth-order valence-electron chi connectivity index (χ4n) is 4.65. The first-order valence-electron chi connectivity index (χ1n) is 11.8. The lowest BCUT2D eigenvalue weighted by atomic mass is 9.67. The number of aliphatic hydroxyl groups is 2. The van der Waals surface area contributed by atoms with Gasteiger partial charge < -0.3 is 15.5 Å². The molecule has 0 aliphatic heterocycles. The monoisotopic (exact) mass is 565 g/mol. The topological polar surface area (TPSA) is 130 Å². The van der Waals surface area contributed by atoms with Crippen molar-refractivity contribution in [1.29, 1.82) is 0 Å². The molecule has 2 saturated carbocycles. The molecular formula is C23H28F5N5O4S. The van der Waals surface area contributed by atoms with E-state index >= 15 is 0 Å². The van der Waals surface area contributed by atoms with Crippen molar-refractivity contribution in [2.75, 3.05) is 24.7 Å². The maximum Gasteiger partial charge on any atom is 0.420 e. The molecule has 210 valence electrons. The zero-order chi connectivity index (χ0) is 28.1. The van der Waals surface area contributed by atoms with Gasteiger partial charge in [0.25, 0.3) is 5.91 Å². The first kappa shape index (κ1) is 28.4. The molecular weight excluding hydrogens is 537 g/mol. The maximum absolute atomic E-state index is 14.2. The van der Waals surface area contributed by atoms with Gasteiger partial charge in [-0.1, -0.05) is 6.92 Å². The number of nitrogens with one attached hydrogen (secondary N) is 1. The Morgan fingerprint density at radius 2 is 2.00 bits per heavy atom. The fourth-order valence-corrected chi connectivity index (χ4v) is 5.85. The van der Waals surface area contributed by atoms with Gasteiger partial charge in [0.1, 0.15) is 16.3 Å². The number of pyridine rings is 1. The molecule has 1 unspecified atom stereocenters. The Morgan fingerprint density at radius 3 is 2.55 bits per heavy atom. The second-order valence-electron chi connectivity index (χ2n) is 10.3. The molecule has 3 N–H and O–H groups in total. The van der Waals surface area contributed by atoms with E-state index in [4.69, 9.17) is 5.11 Å². The molecule has 2 aliphatic carbocycles. The predicted molar refractivity (Wildman–Crippen MR) is 126 cm³/mol. The summed E-state index contributed by atoms with van der Waals surface area (Å²) in [5.41, 5.74) is -3.30. The first-order chi connectivity index (χ1) is 17.5. The third kappa shape index (κ3) is 6.15. The van der Waals surface area contributed by atoms with Gasteiger partial charge >= 0.3 is 6.18 Å². The van der Waals surface area contributed by atoms with Crippen molar-refractivity contribution in [3.8, 4) is 0 Å². The van der Waals surface area contributed by atoms with E-state index in [1.165, 1.54) is 31.5 Å². The minimum absolute atomic E-state index is 0.0253. The summed E-state index contributed by atoms with van der Waals surface area (Å²) in [6.45, 7) is 0.275. The molecule has 1 amide bonds. The van der Waals surface area contributed by atoms with Gasteiger partial charge in [0.2, 0.25) is 5.92 Å². The van der Waals surface area contributed by atoms with Crippen LogP contribution >= 0.6 is 0 Å². The van der Waals surface area contributed by atoms with E-state index in [0.29, 0.717) is 12.8 Å². The van der Waals surface area contributed by atoms with Crippen LogP contribution in [0, 0.1) is 5.41 Å². The Kier molecular flexibility index (Phi) is 7.33. The summed E-state index contributed by atoms with van der Waals surface area (Å²) in [6, 6.07) is 2.46. The van der Waals surface area contributed by atoms with E-state index in [-0.39, 0.29) is 29.5 Å². The Bertz CT molecular complexity index is 1340. The number of hydrogen-bond donors (Lipinski definition) is 3. The quantitative estimate of drug-likeness (QED) is 0.398. The number of anilines is 1. The summed E-state index contributed by atoms with van der Waals surface area (Å²) in [7, 11) is -3.18. The van der Waals surface area contributed by atoms with Crippen molar-refractivity contribution in [3.63, 3.8) is 0 Å². The van der Waals surface area contributed by atoms with Crippen LogP contribution in [-0.2, 0) is 22.5 Å². The average Bonchev–Trinajstić information content (AvgIpc) is 3.56. The lowest BCUT2D eigenvalue weighted by Gasteiger charge is -2.44. The molecule has 9 nitrogen and oxygen atoms in total. The Morgan fingerprint density at radius 1 is 1.34 bits per heavy atom. The smallest absolute Gasteiger partial charge is 0.394 e. The average molecular weight is 566 g/mol. The summed E-state index contributed by atoms with van der Waals surface area (Å²) in [6.07, 6.45) is -3.87. The number of rotatable bonds is 9. The number of nitrogens with zero attached hydrogens (tertiary/aromatic N) is 4. The summed E-state index contributed by atoms with van der Waals surface area (Å²) >= 11 is 0. The van der Waals surface area contributed by atoms with E-state index in [0.717, 1.165) is 4.68 Å². The van der Waals surface area contributed by atoms with Gasteiger partial charge in [0.15, 0.2) is 0 Å². The predicted octanol–water partition coefficient (Wildman–Crippen LogP) is 3.67. The Balaban J connectivity index is 1.69. The number of amides is 1. The second-order valence-corrected chi connectivity index (χ2v) is 12.6. The van der Waals surface area contributed by atoms with Crippen LogP contribution in [0.4, 0.5) is 27.6 Å². The van der Waals surface area contributed by atoms with Gasteiger partial charge in [0.05, 0.1) is 34.7 Å². The molecule has 0 aromatic carbocycles. The van der Waals surface area contributed by atoms with Crippen LogP contribution in [-0.4, -0.2) is 66.5 Å². The molecule has 2 atom stereocenters. The van der Waals surface area contributed by atoms with Crippen LogP contribution < -0.4 is 5.32 Å². The molecule has 2 aromatic rings. The van der Waals surface area contributed by atoms with Crippen molar-refractivity contribution >= 4 is 21.3 Å². The summed E-state index contributed by atoms with van der Waals surface area (Å²) < 4.78 is 87.5. The highest BCUT2D eigenvalue weighted by molar-refractivity contribution is 7.92. The highest BCUT2D eigenvalue weighted by atomic mass is 32.2. The van der Waals surface area contributed by atoms with E-state index in [1.54, 1.807) is 0 Å². The van der Waals surface area contributed by atoms with E-state index in [1.807, 2.05) is 0 Å². The van der Waals surface area contributed by atoms with Crippen LogP contribution in [0.25, 0.3) is 0 Å². The fraction of sp³-hybridized carbons (Fsp3) is 0.609. The van der Waals surface area contributed by atoms with Gasteiger partial charge in [-0.2, -0.15) is 18.3 Å². The molecule has 0 radical (unpaired) electrons. The van der Waals surface area contributed by atoms with Gasteiger partial charge in [-0.15, -0.1) is 0 Å². The first-order valence-corrected chi connectivity index (χ1v) is 13.8. The summed E-state index contributed by atoms with van der Waals surface area (Å²) in [5.74, 6) is -4.54. The third-order valence-corrected chi connectivity index (χ3v) is 8.11. The largest absolute Gasteiger partial charge is 0.420 e. The lowest BCUT2D eigenvalue weighted by Crippen LogP contribution is -2.47. The number of aromatic nitrogens is 3. The van der Waals surface area contributed by atoms with Gasteiger partial charge in [-0.25, -0.2) is 22.3 Å². The van der Waals surface area contributed by atoms with Gasteiger partial charge in [0, 0.05) is 43.4 Å². The molecule has 15 heteroatoms. The van der Waals surface area contributed by atoms with Gasteiger partial charge in [-0.3, -0.25) is 9.48 Å². The van der Waals surface area contributed by atoms with Crippen LogP contribution in [0.5, 0.6) is 0 Å². The van der Waals surface area contributed by atoms with Crippen molar-refractivity contribution in [2.24, 2.45) is 9.78 Å². The molecule has 2 fully saturated rings. The van der Waals surface area contributed by atoms with Crippen LogP contribution in [0.3, 0.4) is 0 Å². The van der Waals surface area contributed by atoms with Crippen molar-refractivity contribution in [3.05, 3.63) is 35.3 Å². The summed E-state index contributed by atoms with van der Waals surface area (Å²) in [4.78, 5) is 17.2. The highest BCUT2D eigenvalue weighted by Gasteiger charge is 2.55. The molecule has 2 heterocycles. The maximum atomic E-state index is 14.2. The van der Waals surface area contributed by atoms with Crippen LogP contribution in [0.15, 0.2) is 27.7 Å². The molecule has 38 heavy (non-hydrogen) atoms. The SMILES string of the molecule is CC1(Cn2nc(C3CC3)c(C(F)(F)F)c2C(=O)Nc2ccnc(S(C)(=O)=NC[C@@H](O)CO)c2)CC(F)(F)C1. The molecule has 2 aliphatic rings. The van der Waals surface area contributed by atoms with E-state index in [9.17, 15) is 36.1 Å². The van der Waals surface area contributed by atoms with Crippen LogP contribution in [0.2, 0.25) is 0 Å². The summed E-state index contributed by atoms with van der Waals surface area (Å²) in [5, 5.41) is 24.8. The van der Waals surface area contributed by atoms with Crippen molar-refractivity contribution < 1.29 is 41.2 Å². The third-order valence-electron chi connectivity index (χ3n) is 6.47. The van der Waals surface area contributed by atoms with Crippen molar-refractivity contribution in [1.82, 2.24) is 14.8 Å². The minimum Gasteiger partial charge on any atom is -0.394 e. The lowest BCUT2D eigenvalue weighted by molar-refractivity contribution is -0.160. The molecule has 4 rings (SSSR count). The Labute approximate surface area is 215 Å². The number of hydrogen-bond acceptors (Lipinski definition) is 7. The second kappa shape index (κ2) is 9.83. The number of carbonyl (C=O) groups excluding carboxylic acids is 1. The molecule has 0 spiro atoms. The van der Waals surface area contributed by atoms with Gasteiger partial charge in [-0.05, 0) is 30.4 Å². The highest BCUT2D eigenvalue weighted by Crippen LogP contribution is 2.53. The number of carbonyl (C=O) groups is 1. The minimum atomic E-state index is -4.92. The standard InChI is InChI=1S/C23H28F5N5O4S/c1-21(10-22(24,25)11-21)12-33-19(17(23(26,27)28)18(32-33)13-3-4-13)20(36)31-14-5-6-29-16(7-14)38(2,37)30-8-15(35)9-34/h5-7,13,15,34-35H,3-4,8-12H2,1-2H3,(H,29,31,36)/t15-,38?/m1/s1. The normalized spacial score (nSPS) is 20.8.